The second-order valence-corrected chi connectivity index (χ2v) is 10.5. The molecule has 0 aliphatic carbocycles. The number of aliphatic hydroxyl groups is 1. The summed E-state index contributed by atoms with van der Waals surface area (Å²) in [7, 11) is 0. The Labute approximate surface area is 219 Å². The van der Waals surface area contributed by atoms with Gasteiger partial charge in [0.15, 0.2) is 0 Å². The maximum atomic E-state index is 12.4. The lowest BCUT2D eigenvalue weighted by molar-refractivity contribution is -0.128. The van der Waals surface area contributed by atoms with E-state index in [1.54, 1.807) is 12.1 Å². The van der Waals surface area contributed by atoms with E-state index in [9.17, 15) is 14.7 Å². The van der Waals surface area contributed by atoms with Crippen LogP contribution < -0.4 is 0 Å². The van der Waals surface area contributed by atoms with E-state index in [4.69, 9.17) is 9.52 Å². The molecule has 6 nitrogen and oxygen atoms in total. The van der Waals surface area contributed by atoms with Gasteiger partial charge in [0.2, 0.25) is 5.91 Å². The lowest BCUT2D eigenvalue weighted by atomic mass is 10.0. The zero-order valence-electron chi connectivity index (χ0n) is 20.4. The quantitative estimate of drug-likeness (QED) is 0.255. The van der Waals surface area contributed by atoms with Gasteiger partial charge in [-0.15, -0.1) is 11.3 Å². The molecule has 0 unspecified atom stereocenters. The van der Waals surface area contributed by atoms with Crippen LogP contribution in [0.2, 0.25) is 0 Å². The summed E-state index contributed by atoms with van der Waals surface area (Å²) in [5.74, 6) is 0.0194. The number of furan rings is 1. The van der Waals surface area contributed by atoms with Gasteiger partial charge in [-0.3, -0.25) is 4.79 Å². The molecule has 1 aliphatic rings. The topological polar surface area (TPSA) is 91.0 Å². The monoisotopic (exact) mass is 515 g/mol. The van der Waals surface area contributed by atoms with Gasteiger partial charge in [0.25, 0.3) is 0 Å². The van der Waals surface area contributed by atoms with Crippen molar-refractivity contribution in [2.75, 3.05) is 6.54 Å². The van der Waals surface area contributed by atoms with Gasteiger partial charge in [-0.25, -0.2) is 4.79 Å². The number of carboxylic acid groups (broad SMARTS) is 1. The van der Waals surface area contributed by atoms with E-state index in [1.807, 2.05) is 71.6 Å². The largest absolute Gasteiger partial charge is 0.477 e. The second-order valence-electron chi connectivity index (χ2n) is 9.37. The highest BCUT2D eigenvalue weighted by atomic mass is 32.1. The summed E-state index contributed by atoms with van der Waals surface area (Å²) in [5.41, 5.74) is 2.83. The SMILES string of the molecule is O=C(O)c1ccc(CCCN2C(=O)CC[C@@H]2/C=C/[C@@H](O)Cc2cccc(-c3cc4ccccc4o3)c2)s1. The fourth-order valence-electron chi connectivity index (χ4n) is 4.84. The molecule has 37 heavy (non-hydrogen) atoms. The molecule has 190 valence electrons. The number of benzene rings is 2. The molecule has 1 amide bonds. The third-order valence-corrected chi connectivity index (χ3v) is 7.84. The lowest BCUT2D eigenvalue weighted by Crippen LogP contribution is -2.33. The van der Waals surface area contributed by atoms with Gasteiger partial charge >= 0.3 is 5.97 Å². The van der Waals surface area contributed by atoms with Crippen molar-refractivity contribution in [3.05, 3.63) is 94.2 Å². The van der Waals surface area contributed by atoms with Crippen LogP contribution in [0.5, 0.6) is 0 Å². The smallest absolute Gasteiger partial charge is 0.345 e. The van der Waals surface area contributed by atoms with E-state index < -0.39 is 12.1 Å². The number of hydrogen-bond acceptors (Lipinski definition) is 5. The highest BCUT2D eigenvalue weighted by Crippen LogP contribution is 2.28. The highest BCUT2D eigenvalue weighted by Gasteiger charge is 2.28. The first-order valence-corrected chi connectivity index (χ1v) is 13.3. The number of fused-ring (bicyclic) bond motifs is 1. The van der Waals surface area contributed by atoms with Crippen LogP contribution in [0.4, 0.5) is 0 Å². The molecule has 2 atom stereocenters. The summed E-state index contributed by atoms with van der Waals surface area (Å²) >= 11 is 1.28. The number of aromatic carboxylic acids is 1. The van der Waals surface area contributed by atoms with Gasteiger partial charge in [0, 0.05) is 35.2 Å². The molecule has 2 aromatic heterocycles. The van der Waals surface area contributed by atoms with Gasteiger partial charge in [-0.1, -0.05) is 48.6 Å². The van der Waals surface area contributed by atoms with Crippen LogP contribution in [0.15, 0.2) is 83.3 Å². The van der Waals surface area contributed by atoms with Gasteiger partial charge in [0.1, 0.15) is 16.2 Å². The zero-order valence-corrected chi connectivity index (χ0v) is 21.2. The molecular weight excluding hydrogens is 486 g/mol. The first kappa shape index (κ1) is 25.0. The molecule has 0 radical (unpaired) electrons. The highest BCUT2D eigenvalue weighted by molar-refractivity contribution is 7.13. The Kier molecular flexibility index (Phi) is 7.53. The molecule has 5 rings (SSSR count). The molecule has 1 saturated heterocycles. The Bertz CT molecular complexity index is 1400. The van der Waals surface area contributed by atoms with Crippen molar-refractivity contribution in [2.24, 2.45) is 0 Å². The Morgan fingerprint density at radius 1 is 1.14 bits per heavy atom. The number of para-hydroxylation sites is 1. The van der Waals surface area contributed by atoms with E-state index in [2.05, 4.69) is 0 Å². The number of carbonyl (C=O) groups is 2. The average Bonchev–Trinajstić information content (AvgIpc) is 3.62. The Balaban J connectivity index is 1.17. The van der Waals surface area contributed by atoms with Crippen LogP contribution in [-0.4, -0.2) is 45.7 Å². The standard InChI is InChI=1S/C30H29NO5S/c32-24(18-20-5-3-7-21(17-20)27-19-22-6-1-2-9-26(22)36-27)12-10-23-11-15-29(33)31(23)16-4-8-25-13-14-28(37-25)30(34)35/h1-3,5-7,9-10,12-14,17,19,23-24,32H,4,8,11,15-16,18H2,(H,34,35)/b12-10+/t23-,24+/m0/s1. The minimum Gasteiger partial charge on any atom is -0.477 e. The molecular formula is C30H29NO5S. The number of nitrogens with zero attached hydrogens (tertiary/aromatic N) is 1. The van der Waals surface area contributed by atoms with E-state index in [0.29, 0.717) is 24.3 Å². The summed E-state index contributed by atoms with van der Waals surface area (Å²) in [6.45, 7) is 0.615. The van der Waals surface area contributed by atoms with Crippen LogP contribution in [0.3, 0.4) is 0 Å². The predicted octanol–water partition coefficient (Wildman–Crippen LogP) is 5.94. The van der Waals surface area contributed by atoms with Crippen LogP contribution in [-0.2, 0) is 17.6 Å². The number of carboxylic acids is 1. The Hall–Kier alpha value is -3.68. The number of hydrogen-bond donors (Lipinski definition) is 2. The molecule has 3 heterocycles. The van der Waals surface area contributed by atoms with Crippen molar-refractivity contribution in [1.82, 2.24) is 4.90 Å². The van der Waals surface area contributed by atoms with Gasteiger partial charge in [-0.2, -0.15) is 0 Å². The summed E-state index contributed by atoms with van der Waals surface area (Å²) in [5, 5.41) is 20.8. The number of thiophene rings is 1. The first-order chi connectivity index (χ1) is 18.0. The Morgan fingerprint density at radius 3 is 2.81 bits per heavy atom. The van der Waals surface area contributed by atoms with Crippen LogP contribution in [0.25, 0.3) is 22.3 Å². The van der Waals surface area contributed by atoms with Crippen molar-refractivity contribution in [1.29, 1.82) is 0 Å². The van der Waals surface area contributed by atoms with Crippen molar-refractivity contribution < 1.29 is 24.2 Å². The number of aliphatic hydroxyl groups excluding tert-OH is 1. The number of carbonyl (C=O) groups excluding carboxylic acids is 1. The summed E-state index contributed by atoms with van der Waals surface area (Å²) in [4.78, 5) is 26.7. The fourth-order valence-corrected chi connectivity index (χ4v) is 5.73. The van der Waals surface area contributed by atoms with Crippen molar-refractivity contribution in [3.8, 4) is 11.3 Å². The number of likely N-dealkylation sites (tertiary alicyclic amines) is 1. The van der Waals surface area contributed by atoms with E-state index >= 15 is 0 Å². The molecule has 7 heteroatoms. The molecule has 1 fully saturated rings. The van der Waals surface area contributed by atoms with Crippen molar-refractivity contribution >= 4 is 34.2 Å². The molecule has 1 aliphatic heterocycles. The van der Waals surface area contributed by atoms with Crippen LogP contribution in [0.1, 0.15) is 39.4 Å². The predicted molar refractivity (Wildman–Crippen MR) is 145 cm³/mol. The third kappa shape index (κ3) is 6.01. The van der Waals surface area contributed by atoms with Gasteiger partial charge in [0.05, 0.1) is 12.1 Å². The second kappa shape index (κ2) is 11.2. The van der Waals surface area contributed by atoms with Gasteiger partial charge < -0.3 is 19.5 Å². The number of aryl methyl sites for hydroxylation is 1. The molecule has 0 bridgehead atoms. The third-order valence-electron chi connectivity index (χ3n) is 6.71. The molecule has 2 aromatic carbocycles. The van der Waals surface area contributed by atoms with Crippen molar-refractivity contribution in [2.45, 2.75) is 44.2 Å². The van der Waals surface area contributed by atoms with Crippen LogP contribution in [0, 0.1) is 0 Å². The minimum atomic E-state index is -0.906. The first-order valence-electron chi connectivity index (χ1n) is 12.5. The summed E-state index contributed by atoms with van der Waals surface area (Å²) in [6.07, 6.45) is 6.31. The fraction of sp³-hybridized carbons (Fsp3) is 0.267. The van der Waals surface area contributed by atoms with Crippen LogP contribution >= 0.6 is 11.3 Å². The Morgan fingerprint density at radius 2 is 2.00 bits per heavy atom. The molecule has 0 spiro atoms. The summed E-state index contributed by atoms with van der Waals surface area (Å²) < 4.78 is 5.98. The molecule has 2 N–H and O–H groups in total. The normalized spacial score (nSPS) is 16.7. The average molecular weight is 516 g/mol. The number of rotatable bonds is 10. The molecule has 4 aromatic rings. The maximum absolute atomic E-state index is 12.4. The summed E-state index contributed by atoms with van der Waals surface area (Å²) in [6, 6.07) is 21.4. The lowest BCUT2D eigenvalue weighted by Gasteiger charge is -2.22. The van der Waals surface area contributed by atoms with Gasteiger partial charge in [-0.05, 0) is 55.2 Å². The van der Waals surface area contributed by atoms with Crippen molar-refractivity contribution in [3.63, 3.8) is 0 Å². The number of amides is 1. The maximum Gasteiger partial charge on any atom is 0.345 e. The van der Waals surface area contributed by atoms with E-state index in [-0.39, 0.29) is 11.9 Å². The molecule has 0 saturated carbocycles. The van der Waals surface area contributed by atoms with E-state index in [1.165, 1.54) is 11.3 Å². The minimum absolute atomic E-state index is 0.0260. The zero-order chi connectivity index (χ0) is 25.8. The van der Waals surface area contributed by atoms with E-state index in [0.717, 1.165) is 52.0 Å².